The van der Waals surface area contributed by atoms with E-state index in [1.807, 2.05) is 44.2 Å². The molecule has 4 rings (SSSR count). The lowest BCUT2D eigenvalue weighted by Crippen LogP contribution is -2.42. The van der Waals surface area contributed by atoms with Crippen molar-refractivity contribution in [2.24, 2.45) is 0 Å². The molecule has 2 fully saturated rings. The highest BCUT2D eigenvalue weighted by molar-refractivity contribution is 5.94. The van der Waals surface area contributed by atoms with Gasteiger partial charge >= 0.3 is 0 Å². The number of nitriles is 2. The minimum Gasteiger partial charge on any atom is -0.347 e. The second-order valence-corrected chi connectivity index (χ2v) is 8.12. The van der Waals surface area contributed by atoms with E-state index in [-0.39, 0.29) is 29.4 Å². The van der Waals surface area contributed by atoms with Crippen LogP contribution < -0.4 is 5.32 Å². The van der Waals surface area contributed by atoms with Crippen molar-refractivity contribution in [3.8, 4) is 23.5 Å². The molecule has 0 spiro atoms. The van der Waals surface area contributed by atoms with Crippen LogP contribution >= 0.6 is 0 Å². The summed E-state index contributed by atoms with van der Waals surface area (Å²) >= 11 is 0. The van der Waals surface area contributed by atoms with Crippen molar-refractivity contribution in [2.75, 3.05) is 0 Å². The average Bonchev–Trinajstić information content (AvgIpc) is 3.50. The van der Waals surface area contributed by atoms with E-state index in [1.54, 1.807) is 17.2 Å². The fourth-order valence-electron chi connectivity index (χ4n) is 4.16. The Morgan fingerprint density at radius 2 is 2.03 bits per heavy atom. The molecule has 6 nitrogen and oxygen atoms in total. The number of nitrogens with one attached hydrogen (secondary N) is 1. The first-order valence-corrected chi connectivity index (χ1v) is 9.94. The molecule has 2 heterocycles. The van der Waals surface area contributed by atoms with Gasteiger partial charge in [-0.25, -0.2) is 0 Å². The summed E-state index contributed by atoms with van der Waals surface area (Å²) in [7, 11) is 0. The predicted octanol–water partition coefficient (Wildman–Crippen LogP) is 3.37. The quantitative estimate of drug-likeness (QED) is 0.815. The van der Waals surface area contributed by atoms with Crippen LogP contribution in [-0.4, -0.2) is 33.9 Å². The Bertz CT molecular complexity index is 1010. The van der Waals surface area contributed by atoms with Gasteiger partial charge < -0.3 is 10.2 Å². The van der Waals surface area contributed by atoms with Crippen LogP contribution in [-0.2, 0) is 5.41 Å². The minimum atomic E-state index is -0.331. The number of amides is 1. The summed E-state index contributed by atoms with van der Waals surface area (Å²) in [4.78, 5) is 18.8. The standard InChI is InChI=1S/C23H23N5O/c1-15-10-21(16(2)28(15)14-25)27-22(29)18-6-7-20(26-12-18)17-4-3-5-19(11-17)23(13-24)8-9-23/h3-7,11-12,15-16,21H,8-10H2,1-2H3,(H,27,29)/t15-,16+,21+/m0/s1. The highest BCUT2D eigenvalue weighted by Crippen LogP contribution is 2.48. The van der Waals surface area contributed by atoms with Crippen molar-refractivity contribution in [1.82, 2.24) is 15.2 Å². The van der Waals surface area contributed by atoms with Gasteiger partial charge in [-0.15, -0.1) is 0 Å². The molecule has 1 saturated heterocycles. The van der Waals surface area contributed by atoms with Crippen LogP contribution in [0.1, 0.15) is 49.0 Å². The number of pyridine rings is 1. The van der Waals surface area contributed by atoms with E-state index in [2.05, 4.69) is 22.6 Å². The highest BCUT2D eigenvalue weighted by atomic mass is 16.1. The molecule has 1 saturated carbocycles. The van der Waals surface area contributed by atoms with E-state index < -0.39 is 0 Å². The molecule has 1 aromatic heterocycles. The predicted molar refractivity (Wildman–Crippen MR) is 108 cm³/mol. The van der Waals surface area contributed by atoms with Gasteiger partial charge in [-0.3, -0.25) is 9.78 Å². The lowest BCUT2D eigenvalue weighted by Gasteiger charge is -2.21. The van der Waals surface area contributed by atoms with Gasteiger partial charge in [0.2, 0.25) is 0 Å². The number of hydrogen-bond acceptors (Lipinski definition) is 5. The summed E-state index contributed by atoms with van der Waals surface area (Å²) in [6, 6.07) is 14.0. The Hall–Kier alpha value is -3.38. The molecule has 2 aliphatic rings. The monoisotopic (exact) mass is 385 g/mol. The summed E-state index contributed by atoms with van der Waals surface area (Å²) in [5, 5.41) is 21.7. The van der Waals surface area contributed by atoms with E-state index in [9.17, 15) is 15.3 Å². The lowest BCUT2D eigenvalue weighted by atomic mass is 9.95. The summed E-state index contributed by atoms with van der Waals surface area (Å²) in [6.45, 7) is 3.95. The van der Waals surface area contributed by atoms with Crippen molar-refractivity contribution in [1.29, 1.82) is 10.5 Å². The maximum Gasteiger partial charge on any atom is 0.253 e. The van der Waals surface area contributed by atoms with Crippen molar-refractivity contribution in [3.63, 3.8) is 0 Å². The highest BCUT2D eigenvalue weighted by Gasteiger charge is 2.44. The van der Waals surface area contributed by atoms with E-state index >= 15 is 0 Å². The topological polar surface area (TPSA) is 92.8 Å². The van der Waals surface area contributed by atoms with E-state index in [1.165, 1.54) is 0 Å². The molecule has 3 atom stereocenters. The lowest BCUT2D eigenvalue weighted by molar-refractivity contribution is 0.0931. The summed E-state index contributed by atoms with van der Waals surface area (Å²) in [5.41, 5.74) is 2.92. The third-order valence-corrected chi connectivity index (χ3v) is 6.22. The number of benzene rings is 1. The molecule has 1 aliphatic carbocycles. The van der Waals surface area contributed by atoms with Gasteiger partial charge in [0.1, 0.15) is 0 Å². The normalized spacial score (nSPS) is 24.4. The van der Waals surface area contributed by atoms with Crippen LogP contribution in [0.4, 0.5) is 0 Å². The molecule has 1 N–H and O–H groups in total. The second kappa shape index (κ2) is 7.22. The Balaban J connectivity index is 1.48. The first-order valence-electron chi connectivity index (χ1n) is 9.94. The van der Waals surface area contributed by atoms with Gasteiger partial charge in [0, 0.05) is 17.8 Å². The molecular formula is C23H23N5O. The second-order valence-electron chi connectivity index (χ2n) is 8.12. The van der Waals surface area contributed by atoms with E-state index in [0.717, 1.165) is 36.1 Å². The number of carbonyl (C=O) groups is 1. The van der Waals surface area contributed by atoms with Crippen LogP contribution in [0.2, 0.25) is 0 Å². The molecule has 29 heavy (non-hydrogen) atoms. The Labute approximate surface area is 170 Å². The first kappa shape index (κ1) is 19.0. The zero-order valence-electron chi connectivity index (χ0n) is 16.6. The molecular weight excluding hydrogens is 362 g/mol. The summed E-state index contributed by atoms with van der Waals surface area (Å²) < 4.78 is 0. The number of hydrogen-bond donors (Lipinski definition) is 1. The summed E-state index contributed by atoms with van der Waals surface area (Å²) in [6.07, 6.45) is 6.35. The maximum atomic E-state index is 12.6. The number of likely N-dealkylation sites (tertiary alicyclic amines) is 1. The fourth-order valence-corrected chi connectivity index (χ4v) is 4.16. The van der Waals surface area contributed by atoms with Crippen LogP contribution in [0.15, 0.2) is 42.6 Å². The fraction of sp³-hybridized carbons (Fsp3) is 0.391. The smallest absolute Gasteiger partial charge is 0.253 e. The third kappa shape index (κ3) is 3.43. The Morgan fingerprint density at radius 3 is 2.62 bits per heavy atom. The van der Waals surface area contributed by atoms with Crippen molar-refractivity contribution >= 4 is 5.91 Å². The summed E-state index contributed by atoms with van der Waals surface area (Å²) in [5.74, 6) is -0.178. The van der Waals surface area contributed by atoms with Gasteiger partial charge in [-0.2, -0.15) is 10.5 Å². The molecule has 0 radical (unpaired) electrons. The zero-order chi connectivity index (χ0) is 20.6. The van der Waals surface area contributed by atoms with E-state index in [4.69, 9.17) is 0 Å². The number of carbonyl (C=O) groups excluding carboxylic acids is 1. The van der Waals surface area contributed by atoms with Crippen molar-refractivity contribution < 1.29 is 4.79 Å². The molecule has 0 unspecified atom stereocenters. The molecule has 0 bridgehead atoms. The number of aromatic nitrogens is 1. The van der Waals surface area contributed by atoms with Gasteiger partial charge in [-0.1, -0.05) is 18.2 Å². The van der Waals surface area contributed by atoms with Crippen LogP contribution in [0.3, 0.4) is 0 Å². The minimum absolute atomic E-state index is 0.0243. The van der Waals surface area contributed by atoms with E-state index in [0.29, 0.717) is 5.56 Å². The Kier molecular flexibility index (Phi) is 4.72. The first-order chi connectivity index (χ1) is 14.0. The van der Waals surface area contributed by atoms with Crippen molar-refractivity contribution in [2.45, 2.75) is 56.7 Å². The van der Waals surface area contributed by atoms with Gasteiger partial charge in [0.15, 0.2) is 6.19 Å². The molecule has 1 aromatic carbocycles. The molecule has 1 amide bonds. The van der Waals surface area contributed by atoms with Crippen LogP contribution in [0, 0.1) is 22.8 Å². The average molecular weight is 385 g/mol. The van der Waals surface area contributed by atoms with Gasteiger partial charge in [-0.05, 0) is 56.9 Å². The Morgan fingerprint density at radius 1 is 1.24 bits per heavy atom. The molecule has 6 heteroatoms. The van der Waals surface area contributed by atoms with Crippen molar-refractivity contribution in [3.05, 3.63) is 53.7 Å². The van der Waals surface area contributed by atoms with Gasteiger partial charge in [0.05, 0.1) is 34.8 Å². The van der Waals surface area contributed by atoms with Crippen LogP contribution in [0.25, 0.3) is 11.3 Å². The van der Waals surface area contributed by atoms with Crippen LogP contribution in [0.5, 0.6) is 0 Å². The SMILES string of the molecule is C[C@@H]1[C@H](NC(=O)c2ccc(-c3cccc(C4(C#N)CC4)c3)nc2)C[C@H](C)N1C#N. The number of nitrogens with zero attached hydrogens (tertiary/aromatic N) is 4. The zero-order valence-corrected chi connectivity index (χ0v) is 16.6. The third-order valence-electron chi connectivity index (χ3n) is 6.22. The number of rotatable bonds is 4. The molecule has 146 valence electrons. The maximum absolute atomic E-state index is 12.6. The molecule has 2 aromatic rings. The van der Waals surface area contributed by atoms with Gasteiger partial charge in [0.25, 0.3) is 5.91 Å². The molecule has 1 aliphatic heterocycles. The largest absolute Gasteiger partial charge is 0.347 e.